The van der Waals surface area contributed by atoms with Gasteiger partial charge in [0, 0.05) is 35.9 Å². The van der Waals surface area contributed by atoms with E-state index in [1.165, 1.54) is 0 Å². The SMILES string of the molecule is CC(C)(C)C(=O)N1CCC(NC(=O)C2CC2[N+](=O)[O-])CC1. The van der Waals surface area contributed by atoms with E-state index in [4.69, 9.17) is 0 Å². The molecular formula is C14H23N3O4. The third-order valence-electron chi connectivity index (χ3n) is 4.13. The van der Waals surface area contributed by atoms with Gasteiger partial charge in [-0.05, 0) is 12.8 Å². The Kier molecular flexibility index (Phi) is 4.20. The van der Waals surface area contributed by atoms with Crippen LogP contribution in [0.25, 0.3) is 0 Å². The molecule has 2 fully saturated rings. The summed E-state index contributed by atoms with van der Waals surface area (Å²) in [5.41, 5.74) is -0.386. The second-order valence-electron chi connectivity index (χ2n) is 7.02. The van der Waals surface area contributed by atoms with Gasteiger partial charge >= 0.3 is 0 Å². The fourth-order valence-corrected chi connectivity index (χ4v) is 2.71. The van der Waals surface area contributed by atoms with E-state index in [9.17, 15) is 19.7 Å². The molecule has 2 rings (SSSR count). The van der Waals surface area contributed by atoms with Gasteiger partial charge in [0.25, 0.3) is 0 Å². The number of carbonyl (C=O) groups is 2. The topological polar surface area (TPSA) is 92.6 Å². The van der Waals surface area contributed by atoms with Gasteiger partial charge in [0.15, 0.2) is 0 Å². The van der Waals surface area contributed by atoms with Crippen molar-refractivity contribution in [1.29, 1.82) is 0 Å². The number of nitrogens with one attached hydrogen (secondary N) is 1. The first-order valence-corrected chi connectivity index (χ1v) is 7.43. The molecule has 0 aromatic heterocycles. The molecule has 0 bridgehead atoms. The lowest BCUT2D eigenvalue weighted by atomic mass is 9.93. The zero-order valence-electron chi connectivity index (χ0n) is 12.8. The van der Waals surface area contributed by atoms with E-state index in [-0.39, 0.29) is 28.2 Å². The Morgan fingerprint density at radius 2 is 1.81 bits per heavy atom. The first kappa shape index (κ1) is 15.7. The summed E-state index contributed by atoms with van der Waals surface area (Å²) in [4.78, 5) is 36.0. The van der Waals surface area contributed by atoms with E-state index in [2.05, 4.69) is 5.32 Å². The third kappa shape index (κ3) is 3.71. The van der Waals surface area contributed by atoms with E-state index in [0.29, 0.717) is 32.4 Å². The van der Waals surface area contributed by atoms with Gasteiger partial charge in [-0.1, -0.05) is 20.8 Å². The highest BCUT2D eigenvalue weighted by Crippen LogP contribution is 2.33. The highest BCUT2D eigenvalue weighted by Gasteiger charge is 2.53. The number of nitrogens with zero attached hydrogens (tertiary/aromatic N) is 2. The molecular weight excluding hydrogens is 274 g/mol. The molecule has 1 N–H and O–H groups in total. The molecule has 0 aromatic carbocycles. The van der Waals surface area contributed by atoms with Crippen molar-refractivity contribution in [1.82, 2.24) is 10.2 Å². The predicted molar refractivity (Wildman–Crippen MR) is 76.1 cm³/mol. The fraction of sp³-hybridized carbons (Fsp3) is 0.857. The van der Waals surface area contributed by atoms with Crippen LogP contribution in [-0.4, -0.2) is 46.8 Å². The average molecular weight is 297 g/mol. The molecule has 2 unspecified atom stereocenters. The molecule has 2 aliphatic rings. The molecule has 0 radical (unpaired) electrons. The van der Waals surface area contributed by atoms with E-state index < -0.39 is 12.0 Å². The largest absolute Gasteiger partial charge is 0.353 e. The fourth-order valence-electron chi connectivity index (χ4n) is 2.71. The Hall–Kier alpha value is -1.66. The zero-order chi connectivity index (χ0) is 15.8. The predicted octanol–water partition coefficient (Wildman–Crippen LogP) is 0.805. The first-order chi connectivity index (χ1) is 9.70. The van der Waals surface area contributed by atoms with Crippen LogP contribution in [0.5, 0.6) is 0 Å². The van der Waals surface area contributed by atoms with Crippen LogP contribution in [0.1, 0.15) is 40.0 Å². The maximum absolute atomic E-state index is 12.1. The first-order valence-electron chi connectivity index (χ1n) is 7.43. The van der Waals surface area contributed by atoms with E-state index in [1.54, 1.807) is 0 Å². The molecule has 21 heavy (non-hydrogen) atoms. The molecule has 1 saturated carbocycles. The highest BCUT2D eigenvalue weighted by molar-refractivity contribution is 5.83. The second-order valence-corrected chi connectivity index (χ2v) is 7.02. The van der Waals surface area contributed by atoms with E-state index in [0.717, 1.165) is 0 Å². The zero-order valence-corrected chi connectivity index (χ0v) is 12.8. The van der Waals surface area contributed by atoms with Crippen LogP contribution in [0.3, 0.4) is 0 Å². The number of amides is 2. The smallest absolute Gasteiger partial charge is 0.230 e. The van der Waals surface area contributed by atoms with Crippen molar-refractivity contribution in [2.24, 2.45) is 11.3 Å². The Bertz CT molecular complexity index is 450. The lowest BCUT2D eigenvalue weighted by molar-refractivity contribution is -0.497. The van der Waals surface area contributed by atoms with Crippen molar-refractivity contribution >= 4 is 11.8 Å². The minimum Gasteiger partial charge on any atom is -0.353 e. The number of rotatable bonds is 3. The Balaban J connectivity index is 1.76. The van der Waals surface area contributed by atoms with Crippen molar-refractivity contribution in [3.05, 3.63) is 10.1 Å². The molecule has 7 nitrogen and oxygen atoms in total. The molecule has 1 saturated heterocycles. The molecule has 1 heterocycles. The van der Waals surface area contributed by atoms with Gasteiger partial charge < -0.3 is 10.2 Å². The summed E-state index contributed by atoms with van der Waals surface area (Å²) in [5.74, 6) is -0.547. The lowest BCUT2D eigenvalue weighted by Gasteiger charge is -2.36. The van der Waals surface area contributed by atoms with E-state index >= 15 is 0 Å². The summed E-state index contributed by atoms with van der Waals surface area (Å²) >= 11 is 0. The monoisotopic (exact) mass is 297 g/mol. The van der Waals surface area contributed by atoms with Crippen LogP contribution in [0, 0.1) is 21.4 Å². The minimum atomic E-state index is -0.701. The summed E-state index contributed by atoms with van der Waals surface area (Å²) in [6.07, 6.45) is 1.77. The summed E-state index contributed by atoms with van der Waals surface area (Å²) < 4.78 is 0. The summed E-state index contributed by atoms with van der Waals surface area (Å²) in [7, 11) is 0. The summed E-state index contributed by atoms with van der Waals surface area (Å²) in [5, 5.41) is 13.4. The van der Waals surface area contributed by atoms with Crippen LogP contribution in [-0.2, 0) is 9.59 Å². The number of carbonyl (C=O) groups excluding carboxylic acids is 2. The molecule has 2 atom stereocenters. The molecule has 0 aromatic rings. The molecule has 2 amide bonds. The minimum absolute atomic E-state index is 0.0227. The van der Waals surface area contributed by atoms with Crippen LogP contribution in [0.4, 0.5) is 0 Å². The standard InChI is InChI=1S/C14H23N3O4/c1-14(2,3)13(19)16-6-4-9(5-7-16)15-12(18)10-8-11(10)17(20)21/h9-11H,4-8H2,1-3H3,(H,15,18). The molecule has 0 spiro atoms. The van der Waals surface area contributed by atoms with E-state index in [1.807, 2.05) is 25.7 Å². The number of nitro groups is 1. The highest BCUT2D eigenvalue weighted by atomic mass is 16.6. The Morgan fingerprint density at radius 1 is 1.24 bits per heavy atom. The quantitative estimate of drug-likeness (QED) is 0.616. The second kappa shape index (κ2) is 5.61. The number of likely N-dealkylation sites (tertiary alicyclic amines) is 1. The van der Waals surface area contributed by atoms with Crippen molar-refractivity contribution in [3.63, 3.8) is 0 Å². The molecule has 1 aliphatic heterocycles. The van der Waals surface area contributed by atoms with Gasteiger partial charge in [-0.2, -0.15) is 0 Å². The number of hydrogen-bond acceptors (Lipinski definition) is 4. The summed E-state index contributed by atoms with van der Waals surface area (Å²) in [6, 6.07) is -0.679. The van der Waals surface area contributed by atoms with Gasteiger partial charge in [0.1, 0.15) is 5.92 Å². The van der Waals surface area contributed by atoms with Crippen molar-refractivity contribution in [3.8, 4) is 0 Å². The van der Waals surface area contributed by atoms with Crippen LogP contribution in [0.2, 0.25) is 0 Å². The lowest BCUT2D eigenvalue weighted by Crippen LogP contribution is -2.49. The van der Waals surface area contributed by atoms with Crippen LogP contribution >= 0.6 is 0 Å². The van der Waals surface area contributed by atoms with Crippen molar-refractivity contribution in [2.75, 3.05) is 13.1 Å². The molecule has 118 valence electrons. The van der Waals surface area contributed by atoms with Gasteiger partial charge in [0.2, 0.25) is 17.9 Å². The van der Waals surface area contributed by atoms with Crippen molar-refractivity contribution < 1.29 is 14.5 Å². The number of piperidine rings is 1. The number of hydrogen-bond donors (Lipinski definition) is 1. The maximum Gasteiger partial charge on any atom is 0.230 e. The maximum atomic E-state index is 12.1. The third-order valence-corrected chi connectivity index (χ3v) is 4.13. The van der Waals surface area contributed by atoms with Gasteiger partial charge in [-0.15, -0.1) is 0 Å². The van der Waals surface area contributed by atoms with Crippen LogP contribution in [0.15, 0.2) is 0 Å². The Morgan fingerprint density at radius 3 is 2.24 bits per heavy atom. The van der Waals surface area contributed by atoms with Crippen LogP contribution < -0.4 is 5.32 Å². The van der Waals surface area contributed by atoms with Gasteiger partial charge in [0.05, 0.1) is 0 Å². The normalized spacial score (nSPS) is 26.3. The van der Waals surface area contributed by atoms with Gasteiger partial charge in [-0.3, -0.25) is 19.7 Å². The average Bonchev–Trinajstić information content (AvgIpc) is 3.18. The molecule has 1 aliphatic carbocycles. The molecule has 7 heteroatoms. The van der Waals surface area contributed by atoms with Gasteiger partial charge in [-0.25, -0.2) is 0 Å². The summed E-state index contributed by atoms with van der Waals surface area (Å²) in [6.45, 7) is 6.95. The Labute approximate surface area is 124 Å². The van der Waals surface area contributed by atoms with Crippen molar-refractivity contribution in [2.45, 2.75) is 52.1 Å².